The number of hydrogen-bond donors (Lipinski definition) is 1. The molecule has 152 valence electrons. The standard InChI is InChI=1S/C18H19ClN6O4/c19-16-15(22-8-1-2-14(11-22)23-9-7-20-18(23)27)10-21-24(17(16)26)12-3-5-13(6-4-12)25(28)29/h3-6,10,14H,1-2,7-9,11H2,(H,20,27). The maximum atomic E-state index is 12.8. The van der Waals surface area contributed by atoms with Crippen LogP contribution in [0.3, 0.4) is 0 Å². The quantitative estimate of drug-likeness (QED) is 0.598. The fourth-order valence-corrected chi connectivity index (χ4v) is 4.06. The largest absolute Gasteiger partial charge is 0.367 e. The summed E-state index contributed by atoms with van der Waals surface area (Å²) in [6, 6.07) is 5.51. The van der Waals surface area contributed by atoms with Gasteiger partial charge in [0.2, 0.25) is 0 Å². The molecule has 10 nitrogen and oxygen atoms in total. The van der Waals surface area contributed by atoms with Crippen molar-refractivity contribution in [3.8, 4) is 5.69 Å². The third kappa shape index (κ3) is 3.63. The van der Waals surface area contributed by atoms with Crippen molar-refractivity contribution in [2.24, 2.45) is 0 Å². The molecule has 2 aliphatic rings. The number of rotatable bonds is 4. The van der Waals surface area contributed by atoms with Crippen molar-refractivity contribution in [3.63, 3.8) is 0 Å². The van der Waals surface area contributed by atoms with E-state index in [1.54, 1.807) is 0 Å². The number of nitro groups is 1. The van der Waals surface area contributed by atoms with Gasteiger partial charge in [-0.25, -0.2) is 4.79 Å². The van der Waals surface area contributed by atoms with Gasteiger partial charge < -0.3 is 15.1 Å². The number of halogens is 1. The summed E-state index contributed by atoms with van der Waals surface area (Å²) >= 11 is 6.38. The van der Waals surface area contributed by atoms with Crippen LogP contribution in [0.4, 0.5) is 16.2 Å². The Kier molecular flexibility index (Phi) is 5.10. The summed E-state index contributed by atoms with van der Waals surface area (Å²) in [7, 11) is 0. The second-order valence-electron chi connectivity index (χ2n) is 7.00. The number of carbonyl (C=O) groups excluding carboxylic acids is 1. The Morgan fingerprint density at radius 1 is 1.21 bits per heavy atom. The van der Waals surface area contributed by atoms with Crippen LogP contribution >= 0.6 is 11.6 Å². The number of urea groups is 1. The predicted molar refractivity (Wildman–Crippen MR) is 107 cm³/mol. The van der Waals surface area contributed by atoms with Crippen LogP contribution in [0.2, 0.25) is 5.02 Å². The normalized spacial score (nSPS) is 19.3. The summed E-state index contributed by atoms with van der Waals surface area (Å²) in [6.45, 7) is 2.61. The van der Waals surface area contributed by atoms with E-state index in [1.807, 2.05) is 9.80 Å². The number of hydrogen-bond acceptors (Lipinski definition) is 6. The van der Waals surface area contributed by atoms with E-state index in [1.165, 1.54) is 30.5 Å². The Hall–Kier alpha value is -3.14. The zero-order valence-corrected chi connectivity index (χ0v) is 16.2. The number of nitrogens with zero attached hydrogens (tertiary/aromatic N) is 5. The molecule has 2 fully saturated rings. The van der Waals surface area contributed by atoms with Crippen molar-refractivity contribution in [2.75, 3.05) is 31.1 Å². The molecule has 0 spiro atoms. The van der Waals surface area contributed by atoms with Crippen LogP contribution in [-0.4, -0.2) is 57.9 Å². The van der Waals surface area contributed by atoms with E-state index >= 15 is 0 Å². The minimum atomic E-state index is -0.510. The lowest BCUT2D eigenvalue weighted by molar-refractivity contribution is -0.384. The molecule has 1 aromatic heterocycles. The first-order valence-corrected chi connectivity index (χ1v) is 9.65. The Labute approximate surface area is 170 Å². The molecule has 2 aliphatic heterocycles. The van der Waals surface area contributed by atoms with Gasteiger partial charge in [0, 0.05) is 38.3 Å². The molecule has 3 heterocycles. The highest BCUT2D eigenvalue weighted by atomic mass is 35.5. The van der Waals surface area contributed by atoms with Gasteiger partial charge in [-0.05, 0) is 25.0 Å². The van der Waals surface area contributed by atoms with Crippen molar-refractivity contribution < 1.29 is 9.72 Å². The highest BCUT2D eigenvalue weighted by Crippen LogP contribution is 2.27. The minimum Gasteiger partial charge on any atom is -0.367 e. The van der Waals surface area contributed by atoms with Gasteiger partial charge in [-0.1, -0.05) is 11.6 Å². The molecule has 1 unspecified atom stereocenters. The minimum absolute atomic E-state index is 0.0323. The zero-order valence-electron chi connectivity index (χ0n) is 15.5. The molecule has 0 aliphatic carbocycles. The lowest BCUT2D eigenvalue weighted by Crippen LogP contribution is -2.49. The van der Waals surface area contributed by atoms with Crippen LogP contribution in [0, 0.1) is 10.1 Å². The van der Waals surface area contributed by atoms with Crippen LogP contribution in [0.15, 0.2) is 35.3 Å². The summed E-state index contributed by atoms with van der Waals surface area (Å²) in [4.78, 5) is 38.8. The van der Waals surface area contributed by atoms with Gasteiger partial charge in [-0.3, -0.25) is 14.9 Å². The third-order valence-corrected chi connectivity index (χ3v) is 5.63. The summed E-state index contributed by atoms with van der Waals surface area (Å²) in [5.41, 5.74) is 0.340. The van der Waals surface area contributed by atoms with Gasteiger partial charge in [0.1, 0.15) is 5.02 Å². The van der Waals surface area contributed by atoms with E-state index in [0.717, 1.165) is 17.5 Å². The number of non-ortho nitro benzene ring substituents is 1. The van der Waals surface area contributed by atoms with Crippen molar-refractivity contribution in [1.29, 1.82) is 0 Å². The number of amides is 2. The lowest BCUT2D eigenvalue weighted by Gasteiger charge is -2.38. The van der Waals surface area contributed by atoms with Gasteiger partial charge in [-0.15, -0.1) is 0 Å². The first-order valence-electron chi connectivity index (χ1n) is 9.28. The average molecular weight is 419 g/mol. The van der Waals surface area contributed by atoms with E-state index in [4.69, 9.17) is 11.6 Å². The van der Waals surface area contributed by atoms with Crippen LogP contribution in [0.25, 0.3) is 5.69 Å². The molecular weight excluding hydrogens is 400 g/mol. The molecule has 0 bridgehead atoms. The fraction of sp³-hybridized carbons (Fsp3) is 0.389. The molecule has 2 aromatic rings. The van der Waals surface area contributed by atoms with E-state index in [0.29, 0.717) is 37.6 Å². The highest BCUT2D eigenvalue weighted by molar-refractivity contribution is 6.33. The van der Waals surface area contributed by atoms with Crippen molar-refractivity contribution in [1.82, 2.24) is 20.0 Å². The monoisotopic (exact) mass is 418 g/mol. The summed E-state index contributed by atoms with van der Waals surface area (Å²) < 4.78 is 1.12. The molecule has 1 aromatic carbocycles. The van der Waals surface area contributed by atoms with E-state index in [2.05, 4.69) is 10.4 Å². The zero-order chi connectivity index (χ0) is 20.5. The third-order valence-electron chi connectivity index (χ3n) is 5.27. The molecule has 1 atom stereocenters. The van der Waals surface area contributed by atoms with Crippen LogP contribution in [0.1, 0.15) is 12.8 Å². The number of nitrogens with one attached hydrogen (secondary N) is 1. The molecule has 0 radical (unpaired) electrons. The Morgan fingerprint density at radius 2 is 1.97 bits per heavy atom. The molecule has 29 heavy (non-hydrogen) atoms. The number of carbonyl (C=O) groups is 1. The fourth-order valence-electron chi connectivity index (χ4n) is 3.81. The van der Waals surface area contributed by atoms with Crippen LogP contribution in [0.5, 0.6) is 0 Å². The van der Waals surface area contributed by atoms with Gasteiger partial charge in [0.25, 0.3) is 11.2 Å². The predicted octanol–water partition coefficient (Wildman–Crippen LogP) is 1.79. The Balaban J connectivity index is 1.59. The lowest BCUT2D eigenvalue weighted by atomic mass is 10.0. The molecule has 1 N–H and O–H groups in total. The van der Waals surface area contributed by atoms with Gasteiger partial charge in [0.05, 0.1) is 28.5 Å². The van der Waals surface area contributed by atoms with E-state index in [-0.39, 0.29) is 22.8 Å². The molecule has 2 saturated heterocycles. The molecule has 2 amide bonds. The smallest absolute Gasteiger partial charge is 0.317 e. The van der Waals surface area contributed by atoms with E-state index < -0.39 is 10.5 Å². The number of anilines is 1. The second-order valence-corrected chi connectivity index (χ2v) is 7.38. The van der Waals surface area contributed by atoms with Gasteiger partial charge >= 0.3 is 6.03 Å². The first kappa shape index (κ1) is 19.2. The Morgan fingerprint density at radius 3 is 2.62 bits per heavy atom. The van der Waals surface area contributed by atoms with Crippen LogP contribution in [-0.2, 0) is 0 Å². The molecule has 4 rings (SSSR count). The van der Waals surface area contributed by atoms with Crippen molar-refractivity contribution >= 4 is 29.0 Å². The van der Waals surface area contributed by atoms with Crippen molar-refractivity contribution in [2.45, 2.75) is 18.9 Å². The average Bonchev–Trinajstić information content (AvgIpc) is 3.16. The summed E-state index contributed by atoms with van der Waals surface area (Å²) in [5.74, 6) is 0. The maximum Gasteiger partial charge on any atom is 0.317 e. The van der Waals surface area contributed by atoms with Gasteiger partial charge in [0.15, 0.2) is 0 Å². The SMILES string of the molecule is O=C1NCCN1C1CCCN(c2cnn(-c3ccc([N+](=O)[O-])cc3)c(=O)c2Cl)C1. The van der Waals surface area contributed by atoms with Crippen molar-refractivity contribution in [3.05, 3.63) is 56.0 Å². The van der Waals surface area contributed by atoms with Gasteiger partial charge in [-0.2, -0.15) is 9.78 Å². The Bertz CT molecular complexity index is 1010. The second kappa shape index (κ2) is 7.70. The molecule has 0 saturated carbocycles. The maximum absolute atomic E-state index is 12.8. The summed E-state index contributed by atoms with van der Waals surface area (Å²) in [6.07, 6.45) is 3.29. The first-order chi connectivity index (χ1) is 14.0. The number of nitro benzene ring substituents is 1. The number of benzene rings is 1. The van der Waals surface area contributed by atoms with Crippen LogP contribution < -0.4 is 15.8 Å². The highest BCUT2D eigenvalue weighted by Gasteiger charge is 2.32. The number of piperidine rings is 1. The molecule has 11 heteroatoms. The number of aromatic nitrogens is 2. The van der Waals surface area contributed by atoms with E-state index in [9.17, 15) is 19.7 Å². The molecular formula is C18H19ClN6O4. The topological polar surface area (TPSA) is 114 Å². The summed E-state index contributed by atoms with van der Waals surface area (Å²) in [5, 5.41) is 17.9.